The number of nitrogens with zero attached hydrogens (tertiary/aromatic N) is 1. The van der Waals surface area contributed by atoms with E-state index < -0.39 is 0 Å². The minimum atomic E-state index is 0.391. The van der Waals surface area contributed by atoms with Gasteiger partial charge in [-0.25, -0.2) is 0 Å². The first-order valence-electron chi connectivity index (χ1n) is 6.17. The summed E-state index contributed by atoms with van der Waals surface area (Å²) in [6, 6.07) is 0.470. The SMILES string of the molecule is COCC(C)CN1CCC(OC)CC1CN. The first-order chi connectivity index (χ1) is 7.71. The van der Waals surface area contributed by atoms with E-state index in [4.69, 9.17) is 15.2 Å². The molecular formula is C12H26N2O2. The zero-order valence-electron chi connectivity index (χ0n) is 10.8. The first kappa shape index (κ1) is 13.9. The third-order valence-electron chi connectivity index (χ3n) is 3.39. The van der Waals surface area contributed by atoms with Gasteiger partial charge in [0.15, 0.2) is 0 Å². The van der Waals surface area contributed by atoms with Crippen LogP contribution in [-0.2, 0) is 9.47 Å². The topological polar surface area (TPSA) is 47.7 Å². The van der Waals surface area contributed by atoms with Crippen molar-refractivity contribution in [2.24, 2.45) is 11.7 Å². The summed E-state index contributed by atoms with van der Waals surface area (Å²) in [6.07, 6.45) is 2.57. The van der Waals surface area contributed by atoms with Crippen LogP contribution < -0.4 is 5.73 Å². The molecule has 1 saturated heterocycles. The average molecular weight is 230 g/mol. The lowest BCUT2D eigenvalue weighted by atomic mass is 9.98. The second kappa shape index (κ2) is 7.22. The van der Waals surface area contributed by atoms with Gasteiger partial charge in [-0.3, -0.25) is 4.90 Å². The Morgan fingerprint density at radius 3 is 2.75 bits per heavy atom. The fraction of sp³-hybridized carbons (Fsp3) is 1.00. The van der Waals surface area contributed by atoms with Gasteiger partial charge in [0.1, 0.15) is 0 Å². The van der Waals surface area contributed by atoms with Crippen LogP contribution in [0.1, 0.15) is 19.8 Å². The van der Waals surface area contributed by atoms with Crippen LogP contribution in [0.4, 0.5) is 0 Å². The van der Waals surface area contributed by atoms with E-state index in [0.29, 0.717) is 18.1 Å². The van der Waals surface area contributed by atoms with Crippen molar-refractivity contribution in [2.45, 2.75) is 31.9 Å². The van der Waals surface area contributed by atoms with Crippen LogP contribution >= 0.6 is 0 Å². The molecule has 1 rings (SSSR count). The maximum atomic E-state index is 5.83. The molecule has 0 bridgehead atoms. The molecule has 4 nitrogen and oxygen atoms in total. The summed E-state index contributed by atoms with van der Waals surface area (Å²) in [6.45, 7) is 5.93. The number of hydrogen-bond donors (Lipinski definition) is 1. The highest BCUT2D eigenvalue weighted by molar-refractivity contribution is 4.83. The van der Waals surface area contributed by atoms with Gasteiger partial charge in [-0.05, 0) is 18.8 Å². The summed E-state index contributed by atoms with van der Waals surface area (Å²) in [4.78, 5) is 2.49. The van der Waals surface area contributed by atoms with E-state index in [1.165, 1.54) is 0 Å². The Morgan fingerprint density at radius 2 is 2.19 bits per heavy atom. The molecule has 0 radical (unpaired) electrons. The highest BCUT2D eigenvalue weighted by Gasteiger charge is 2.28. The zero-order chi connectivity index (χ0) is 12.0. The summed E-state index contributed by atoms with van der Waals surface area (Å²) in [5, 5.41) is 0. The van der Waals surface area contributed by atoms with Gasteiger partial charge in [-0.1, -0.05) is 6.92 Å². The van der Waals surface area contributed by atoms with Gasteiger partial charge in [0, 0.05) is 46.5 Å². The van der Waals surface area contributed by atoms with E-state index in [1.807, 2.05) is 0 Å². The van der Waals surface area contributed by atoms with E-state index in [0.717, 1.165) is 39.1 Å². The van der Waals surface area contributed by atoms with Crippen molar-refractivity contribution in [1.29, 1.82) is 0 Å². The fourth-order valence-corrected chi connectivity index (χ4v) is 2.50. The largest absolute Gasteiger partial charge is 0.384 e. The van der Waals surface area contributed by atoms with Gasteiger partial charge in [-0.15, -0.1) is 0 Å². The van der Waals surface area contributed by atoms with Gasteiger partial charge in [0.2, 0.25) is 0 Å². The number of nitrogens with two attached hydrogens (primary N) is 1. The second-order valence-electron chi connectivity index (χ2n) is 4.83. The average Bonchev–Trinajstić information content (AvgIpc) is 2.30. The van der Waals surface area contributed by atoms with Gasteiger partial charge >= 0.3 is 0 Å². The third-order valence-corrected chi connectivity index (χ3v) is 3.39. The van der Waals surface area contributed by atoms with Crippen molar-refractivity contribution in [3.63, 3.8) is 0 Å². The van der Waals surface area contributed by atoms with Gasteiger partial charge < -0.3 is 15.2 Å². The quantitative estimate of drug-likeness (QED) is 0.730. The molecule has 0 aromatic rings. The van der Waals surface area contributed by atoms with Crippen molar-refractivity contribution >= 4 is 0 Å². The van der Waals surface area contributed by atoms with Crippen molar-refractivity contribution in [3.05, 3.63) is 0 Å². The van der Waals surface area contributed by atoms with Crippen molar-refractivity contribution in [1.82, 2.24) is 4.90 Å². The molecule has 0 aromatic heterocycles. The summed E-state index contributed by atoms with van der Waals surface area (Å²) < 4.78 is 10.6. The maximum absolute atomic E-state index is 5.83. The van der Waals surface area contributed by atoms with Crippen molar-refractivity contribution < 1.29 is 9.47 Å². The molecular weight excluding hydrogens is 204 g/mol. The van der Waals surface area contributed by atoms with Crippen molar-refractivity contribution in [2.75, 3.05) is 40.5 Å². The molecule has 1 aliphatic rings. The molecule has 1 heterocycles. The molecule has 3 atom stereocenters. The Hall–Kier alpha value is -0.160. The Balaban J connectivity index is 2.40. The molecule has 2 N–H and O–H groups in total. The standard InChI is InChI=1S/C12H26N2O2/c1-10(9-15-2)8-14-5-4-12(16-3)6-11(14)7-13/h10-12H,4-9,13H2,1-3H3. The molecule has 4 heteroatoms. The molecule has 96 valence electrons. The molecule has 0 spiro atoms. The van der Waals surface area contributed by atoms with E-state index in [-0.39, 0.29) is 0 Å². The minimum Gasteiger partial charge on any atom is -0.384 e. The minimum absolute atomic E-state index is 0.391. The van der Waals surface area contributed by atoms with E-state index in [9.17, 15) is 0 Å². The Morgan fingerprint density at radius 1 is 1.44 bits per heavy atom. The normalized spacial score (nSPS) is 29.2. The Bertz CT molecular complexity index is 190. The molecule has 0 amide bonds. The molecule has 0 aromatic carbocycles. The van der Waals surface area contributed by atoms with E-state index >= 15 is 0 Å². The van der Waals surface area contributed by atoms with Gasteiger partial charge in [0.25, 0.3) is 0 Å². The van der Waals surface area contributed by atoms with E-state index in [1.54, 1.807) is 14.2 Å². The molecule has 0 aliphatic carbocycles. The number of methoxy groups -OCH3 is 2. The van der Waals surface area contributed by atoms with Crippen LogP contribution in [-0.4, -0.2) is 57.5 Å². The van der Waals surface area contributed by atoms with Crippen LogP contribution in [0.5, 0.6) is 0 Å². The van der Waals surface area contributed by atoms with Crippen LogP contribution in [0.15, 0.2) is 0 Å². The van der Waals surface area contributed by atoms with Crippen LogP contribution in [0.2, 0.25) is 0 Å². The predicted octanol–water partition coefficient (Wildman–Crippen LogP) is 0.707. The summed E-state index contributed by atoms with van der Waals surface area (Å²) in [7, 11) is 3.55. The monoisotopic (exact) mass is 230 g/mol. The van der Waals surface area contributed by atoms with Gasteiger partial charge in [0.05, 0.1) is 6.10 Å². The molecule has 0 saturated carbocycles. The van der Waals surface area contributed by atoms with E-state index in [2.05, 4.69) is 11.8 Å². The molecule has 16 heavy (non-hydrogen) atoms. The summed E-state index contributed by atoms with van der Waals surface area (Å²) in [5.41, 5.74) is 5.83. The molecule has 1 aliphatic heterocycles. The maximum Gasteiger partial charge on any atom is 0.0599 e. The number of hydrogen-bond acceptors (Lipinski definition) is 4. The lowest BCUT2D eigenvalue weighted by Crippen LogP contribution is -2.50. The molecule has 1 fully saturated rings. The third kappa shape index (κ3) is 4.01. The lowest BCUT2D eigenvalue weighted by molar-refractivity contribution is 0.00378. The van der Waals surface area contributed by atoms with Crippen molar-refractivity contribution in [3.8, 4) is 0 Å². The highest BCUT2D eigenvalue weighted by Crippen LogP contribution is 2.20. The fourth-order valence-electron chi connectivity index (χ4n) is 2.50. The van der Waals surface area contributed by atoms with Gasteiger partial charge in [-0.2, -0.15) is 0 Å². The number of piperidine rings is 1. The summed E-state index contributed by atoms with van der Waals surface area (Å²) in [5.74, 6) is 0.568. The highest BCUT2D eigenvalue weighted by atomic mass is 16.5. The second-order valence-corrected chi connectivity index (χ2v) is 4.83. The smallest absolute Gasteiger partial charge is 0.0599 e. The Labute approximate surface area is 99.1 Å². The predicted molar refractivity (Wildman–Crippen MR) is 65.5 cm³/mol. The van der Waals surface area contributed by atoms with Crippen LogP contribution in [0, 0.1) is 5.92 Å². The zero-order valence-corrected chi connectivity index (χ0v) is 10.8. The van der Waals surface area contributed by atoms with Crippen LogP contribution in [0.25, 0.3) is 0 Å². The first-order valence-corrected chi connectivity index (χ1v) is 6.17. The van der Waals surface area contributed by atoms with Crippen LogP contribution in [0.3, 0.4) is 0 Å². The molecule has 3 unspecified atom stereocenters. The lowest BCUT2D eigenvalue weighted by Gasteiger charge is -2.39. The Kier molecular flexibility index (Phi) is 6.28. The number of likely N-dealkylation sites (tertiary alicyclic amines) is 1. The number of rotatable bonds is 6. The number of ether oxygens (including phenoxy) is 2. The summed E-state index contributed by atoms with van der Waals surface area (Å²) >= 11 is 0.